The van der Waals surface area contributed by atoms with Crippen molar-refractivity contribution in [2.45, 2.75) is 52.5 Å². The van der Waals surface area contributed by atoms with Gasteiger partial charge in [-0.25, -0.2) is 0 Å². The second-order valence-corrected chi connectivity index (χ2v) is 7.23. The monoisotopic (exact) mass is 360 g/mol. The van der Waals surface area contributed by atoms with Gasteiger partial charge >= 0.3 is 0 Å². The fourth-order valence-corrected chi connectivity index (χ4v) is 3.97. The van der Waals surface area contributed by atoms with Crippen molar-refractivity contribution in [2.24, 2.45) is 5.92 Å². The van der Waals surface area contributed by atoms with E-state index in [1.807, 2.05) is 18.7 Å². The van der Waals surface area contributed by atoms with E-state index < -0.39 is 0 Å². The number of hydrogen-bond donors (Lipinski definition) is 1. The van der Waals surface area contributed by atoms with E-state index in [1.165, 1.54) is 24.0 Å². The number of rotatable bonds is 7. The second-order valence-electron chi connectivity index (χ2n) is 7.23. The average molecular weight is 360 g/mol. The van der Waals surface area contributed by atoms with Crippen molar-refractivity contribution in [1.82, 2.24) is 10.2 Å². The number of nitrogens with one attached hydrogen (secondary N) is 1. The minimum Gasteiger partial charge on any atom is -0.490 e. The first-order valence-electron chi connectivity index (χ1n) is 10.1. The van der Waals surface area contributed by atoms with Crippen molar-refractivity contribution >= 4 is 5.91 Å². The quantitative estimate of drug-likeness (QED) is 0.812. The van der Waals surface area contributed by atoms with E-state index in [4.69, 9.17) is 9.47 Å². The van der Waals surface area contributed by atoms with Gasteiger partial charge in [-0.3, -0.25) is 4.79 Å². The average Bonchev–Trinajstić information content (AvgIpc) is 2.67. The van der Waals surface area contributed by atoms with Gasteiger partial charge in [0.25, 0.3) is 0 Å². The molecule has 26 heavy (non-hydrogen) atoms. The lowest BCUT2D eigenvalue weighted by Crippen LogP contribution is -2.36. The SMILES string of the molecule is CCOc1cc2c(cc1OCC)CN(C(=O)CCC1CCNCC1)CC2. The molecule has 144 valence electrons. The molecule has 0 aliphatic carbocycles. The molecular weight excluding hydrogens is 328 g/mol. The first kappa shape index (κ1) is 19.0. The van der Waals surface area contributed by atoms with E-state index >= 15 is 0 Å². The number of fused-ring (bicyclic) bond motifs is 1. The molecule has 1 amide bonds. The van der Waals surface area contributed by atoms with Crippen molar-refractivity contribution in [3.8, 4) is 11.5 Å². The molecule has 0 spiro atoms. The van der Waals surface area contributed by atoms with Gasteiger partial charge in [-0.1, -0.05) is 0 Å². The highest BCUT2D eigenvalue weighted by Crippen LogP contribution is 2.34. The molecule has 0 unspecified atom stereocenters. The zero-order valence-electron chi connectivity index (χ0n) is 16.2. The fourth-order valence-electron chi connectivity index (χ4n) is 3.97. The van der Waals surface area contributed by atoms with Crippen LogP contribution >= 0.6 is 0 Å². The van der Waals surface area contributed by atoms with Crippen LogP contribution in [0.25, 0.3) is 0 Å². The highest BCUT2D eigenvalue weighted by molar-refractivity contribution is 5.76. The Balaban J connectivity index is 1.62. The van der Waals surface area contributed by atoms with Crippen LogP contribution in [0.4, 0.5) is 0 Å². The van der Waals surface area contributed by atoms with Gasteiger partial charge in [0.05, 0.1) is 13.2 Å². The van der Waals surface area contributed by atoms with Gasteiger partial charge in [0.15, 0.2) is 11.5 Å². The molecule has 5 heteroatoms. The summed E-state index contributed by atoms with van der Waals surface area (Å²) >= 11 is 0. The molecule has 1 aromatic carbocycles. The van der Waals surface area contributed by atoms with Gasteiger partial charge in [0.2, 0.25) is 5.91 Å². The lowest BCUT2D eigenvalue weighted by atomic mass is 9.92. The van der Waals surface area contributed by atoms with Crippen LogP contribution in [0.1, 0.15) is 50.7 Å². The molecule has 1 aromatic rings. The summed E-state index contributed by atoms with van der Waals surface area (Å²) in [6, 6.07) is 4.16. The van der Waals surface area contributed by atoms with E-state index in [0.717, 1.165) is 44.0 Å². The standard InChI is InChI=1S/C21H32N2O3/c1-3-25-19-13-17-9-12-23(15-18(17)14-20(19)26-4-2)21(24)6-5-16-7-10-22-11-8-16/h13-14,16,22H,3-12,15H2,1-2H3. The van der Waals surface area contributed by atoms with Crippen LogP contribution in [-0.4, -0.2) is 43.7 Å². The molecule has 0 aromatic heterocycles. The minimum absolute atomic E-state index is 0.293. The predicted molar refractivity (Wildman–Crippen MR) is 103 cm³/mol. The van der Waals surface area contributed by atoms with Gasteiger partial charge in [0.1, 0.15) is 0 Å². The van der Waals surface area contributed by atoms with Crippen LogP contribution in [0.15, 0.2) is 12.1 Å². The second kappa shape index (κ2) is 9.26. The van der Waals surface area contributed by atoms with Crippen molar-refractivity contribution in [3.05, 3.63) is 23.3 Å². The van der Waals surface area contributed by atoms with Crippen LogP contribution in [0, 0.1) is 5.92 Å². The predicted octanol–water partition coefficient (Wildman–Crippen LogP) is 3.15. The lowest BCUT2D eigenvalue weighted by molar-refractivity contribution is -0.132. The van der Waals surface area contributed by atoms with Crippen molar-refractivity contribution in [1.29, 1.82) is 0 Å². The van der Waals surface area contributed by atoms with Gasteiger partial charge in [-0.15, -0.1) is 0 Å². The van der Waals surface area contributed by atoms with Crippen molar-refractivity contribution < 1.29 is 14.3 Å². The summed E-state index contributed by atoms with van der Waals surface area (Å²) in [6.07, 6.45) is 5.00. The Morgan fingerprint density at radius 2 is 1.77 bits per heavy atom. The molecule has 1 saturated heterocycles. The van der Waals surface area contributed by atoms with Crippen LogP contribution in [0.3, 0.4) is 0 Å². The van der Waals surface area contributed by atoms with Crippen LogP contribution < -0.4 is 14.8 Å². The van der Waals surface area contributed by atoms with Crippen molar-refractivity contribution in [2.75, 3.05) is 32.8 Å². The molecule has 5 nitrogen and oxygen atoms in total. The Morgan fingerprint density at radius 3 is 2.42 bits per heavy atom. The third-order valence-corrected chi connectivity index (χ3v) is 5.46. The Kier molecular flexibility index (Phi) is 6.78. The van der Waals surface area contributed by atoms with Crippen LogP contribution in [0.5, 0.6) is 11.5 Å². The van der Waals surface area contributed by atoms with E-state index in [2.05, 4.69) is 17.4 Å². The lowest BCUT2D eigenvalue weighted by Gasteiger charge is -2.30. The molecule has 1 N–H and O–H groups in total. The smallest absolute Gasteiger partial charge is 0.222 e. The van der Waals surface area contributed by atoms with Gasteiger partial charge in [-0.2, -0.15) is 0 Å². The Bertz CT molecular complexity index is 612. The third-order valence-electron chi connectivity index (χ3n) is 5.46. The summed E-state index contributed by atoms with van der Waals surface area (Å²) in [7, 11) is 0. The maximum Gasteiger partial charge on any atom is 0.222 e. The van der Waals surface area contributed by atoms with Crippen LogP contribution in [-0.2, 0) is 17.8 Å². The Labute approximate surface area is 157 Å². The molecule has 0 saturated carbocycles. The number of carbonyl (C=O) groups is 1. The normalized spacial score (nSPS) is 17.7. The van der Waals surface area contributed by atoms with Gasteiger partial charge < -0.3 is 19.7 Å². The Hall–Kier alpha value is -1.75. The number of benzene rings is 1. The summed E-state index contributed by atoms with van der Waals surface area (Å²) in [5, 5.41) is 3.39. The molecule has 2 heterocycles. The molecule has 3 rings (SSSR count). The molecular formula is C21H32N2O3. The number of amides is 1. The highest BCUT2D eigenvalue weighted by Gasteiger charge is 2.24. The first-order chi connectivity index (χ1) is 12.7. The Morgan fingerprint density at radius 1 is 1.12 bits per heavy atom. The number of carbonyl (C=O) groups excluding carboxylic acids is 1. The number of nitrogens with zero attached hydrogens (tertiary/aromatic N) is 1. The molecule has 0 bridgehead atoms. The van der Waals surface area contributed by atoms with Crippen molar-refractivity contribution in [3.63, 3.8) is 0 Å². The maximum absolute atomic E-state index is 12.7. The number of piperidine rings is 1. The first-order valence-corrected chi connectivity index (χ1v) is 10.1. The molecule has 0 radical (unpaired) electrons. The van der Waals surface area contributed by atoms with E-state index in [1.54, 1.807) is 0 Å². The minimum atomic E-state index is 0.293. The highest BCUT2D eigenvalue weighted by atomic mass is 16.5. The van der Waals surface area contributed by atoms with Gasteiger partial charge in [-0.05, 0) is 81.8 Å². The summed E-state index contributed by atoms with van der Waals surface area (Å²) in [5.74, 6) is 2.60. The van der Waals surface area contributed by atoms with E-state index in [9.17, 15) is 4.79 Å². The summed E-state index contributed by atoms with van der Waals surface area (Å²) in [6.45, 7) is 8.88. The molecule has 0 atom stereocenters. The fraction of sp³-hybridized carbons (Fsp3) is 0.667. The third kappa shape index (κ3) is 4.70. The summed E-state index contributed by atoms with van der Waals surface area (Å²) in [5.41, 5.74) is 2.47. The summed E-state index contributed by atoms with van der Waals surface area (Å²) < 4.78 is 11.5. The molecule has 2 aliphatic heterocycles. The number of hydrogen-bond acceptors (Lipinski definition) is 4. The largest absolute Gasteiger partial charge is 0.490 e. The number of ether oxygens (including phenoxy) is 2. The maximum atomic E-state index is 12.7. The zero-order chi connectivity index (χ0) is 18.4. The van der Waals surface area contributed by atoms with Crippen LogP contribution in [0.2, 0.25) is 0 Å². The van der Waals surface area contributed by atoms with E-state index in [0.29, 0.717) is 38.0 Å². The topological polar surface area (TPSA) is 50.8 Å². The van der Waals surface area contributed by atoms with Gasteiger partial charge in [0, 0.05) is 19.5 Å². The molecule has 2 aliphatic rings. The summed E-state index contributed by atoms with van der Waals surface area (Å²) in [4.78, 5) is 14.7. The zero-order valence-corrected chi connectivity index (χ0v) is 16.2. The van der Waals surface area contributed by atoms with E-state index in [-0.39, 0.29) is 0 Å². The molecule has 1 fully saturated rings.